The van der Waals surface area contributed by atoms with Crippen LogP contribution in [0.15, 0.2) is 72.8 Å². The molecule has 2 aliphatic heterocycles. The lowest BCUT2D eigenvalue weighted by molar-refractivity contribution is -0.212. The molecule has 8 aliphatic carbocycles. The third-order valence-corrected chi connectivity index (χ3v) is 19.1. The van der Waals surface area contributed by atoms with E-state index in [0.717, 1.165) is 52.9 Å². The molecule has 4 aromatic carbocycles. The molecule has 3 heterocycles. The number of anilines is 3. The van der Waals surface area contributed by atoms with E-state index >= 15 is 0 Å². The first kappa shape index (κ1) is 33.5. The van der Waals surface area contributed by atoms with Gasteiger partial charge in [0.15, 0.2) is 0 Å². The van der Waals surface area contributed by atoms with Crippen LogP contribution in [0.4, 0.5) is 17.1 Å². The molecule has 1 aromatic heterocycles. The molecule has 284 valence electrons. The van der Waals surface area contributed by atoms with E-state index in [9.17, 15) is 0 Å². The molecule has 7 saturated carbocycles. The van der Waals surface area contributed by atoms with Crippen LogP contribution in [0.3, 0.4) is 0 Å². The standard InChI is InChI=1S/C52H56BNOS/c1-49(2,3)29-13-14-45-35(20-29)47-48(56-45)53-41-23-39-40(51(6,7)16-15-50(39,4)5)24-43(41)55-44-22-30(21-42(46(44)53)54(47)31-11-9-8-10-12-31)52-25-36-32-17-28-18-33(36)38(27-52)34(19-28)37(32)26-52/h8-14,20-24,28,32-34,36-38H,15-19,25-27H2,1-7H3. The zero-order chi connectivity index (χ0) is 37.8. The van der Waals surface area contributed by atoms with E-state index in [1.165, 1.54) is 111 Å². The number of hydrogen-bond acceptors (Lipinski definition) is 3. The fourth-order valence-corrected chi connectivity index (χ4v) is 16.5. The van der Waals surface area contributed by atoms with Crippen LogP contribution >= 0.6 is 11.3 Å². The lowest BCUT2D eigenvalue weighted by Crippen LogP contribution is -2.66. The van der Waals surface area contributed by atoms with Crippen molar-refractivity contribution in [3.05, 3.63) is 95.1 Å². The number of hydrogen-bond donors (Lipinski definition) is 0. The van der Waals surface area contributed by atoms with Crippen LogP contribution in [0.1, 0.15) is 122 Å². The van der Waals surface area contributed by atoms with Crippen molar-refractivity contribution in [3.63, 3.8) is 0 Å². The number of para-hydroxylation sites is 1. The zero-order valence-corrected chi connectivity index (χ0v) is 35.3. The number of rotatable bonds is 2. The van der Waals surface area contributed by atoms with Gasteiger partial charge >= 0.3 is 0 Å². The second-order valence-corrected chi connectivity index (χ2v) is 23.6. The van der Waals surface area contributed by atoms with Crippen LogP contribution in [-0.2, 0) is 21.7 Å². The molecule has 15 rings (SSSR count). The largest absolute Gasteiger partial charge is 0.458 e. The topological polar surface area (TPSA) is 12.5 Å². The highest BCUT2D eigenvalue weighted by Crippen LogP contribution is 2.74. The summed E-state index contributed by atoms with van der Waals surface area (Å²) in [5, 5.41) is 1.40. The van der Waals surface area contributed by atoms with Gasteiger partial charge in [0.05, 0.1) is 5.69 Å². The normalized spacial score (nSPS) is 32.9. The van der Waals surface area contributed by atoms with Gasteiger partial charge in [-0.2, -0.15) is 0 Å². The Kier molecular flexibility index (Phi) is 6.32. The second kappa shape index (κ2) is 10.6. The molecule has 0 unspecified atom stereocenters. The van der Waals surface area contributed by atoms with Gasteiger partial charge < -0.3 is 9.64 Å². The van der Waals surface area contributed by atoms with Crippen molar-refractivity contribution in [1.29, 1.82) is 0 Å². The molecule has 0 N–H and O–H groups in total. The van der Waals surface area contributed by atoms with E-state index in [2.05, 4.69) is 126 Å². The van der Waals surface area contributed by atoms with Crippen LogP contribution in [0, 0.1) is 41.4 Å². The molecule has 7 fully saturated rings. The van der Waals surface area contributed by atoms with Gasteiger partial charge in [-0.05, 0) is 190 Å². The van der Waals surface area contributed by atoms with Crippen molar-refractivity contribution in [3.8, 4) is 11.5 Å². The van der Waals surface area contributed by atoms with Gasteiger partial charge in [0, 0.05) is 26.2 Å². The van der Waals surface area contributed by atoms with Crippen molar-refractivity contribution in [1.82, 2.24) is 0 Å². The number of ether oxygens (including phenoxy) is 1. The van der Waals surface area contributed by atoms with Gasteiger partial charge in [-0.3, -0.25) is 0 Å². The van der Waals surface area contributed by atoms with Crippen molar-refractivity contribution in [2.45, 2.75) is 121 Å². The van der Waals surface area contributed by atoms with Crippen molar-refractivity contribution >= 4 is 60.9 Å². The zero-order valence-electron chi connectivity index (χ0n) is 34.5. The molecule has 0 amide bonds. The van der Waals surface area contributed by atoms with Crippen LogP contribution in [0.2, 0.25) is 0 Å². The molecule has 5 aromatic rings. The van der Waals surface area contributed by atoms with E-state index in [1.54, 1.807) is 5.56 Å². The summed E-state index contributed by atoms with van der Waals surface area (Å²) in [7, 11) is 0. The summed E-state index contributed by atoms with van der Waals surface area (Å²) in [5.74, 6) is 9.08. The first-order valence-electron chi connectivity index (χ1n) is 22.3. The Bertz CT molecular complexity index is 2480. The summed E-state index contributed by atoms with van der Waals surface area (Å²) >= 11 is 2.03. The van der Waals surface area contributed by atoms with Gasteiger partial charge in [-0.25, -0.2) is 0 Å². The van der Waals surface area contributed by atoms with Gasteiger partial charge in [0.1, 0.15) is 11.5 Å². The fourth-order valence-electron chi connectivity index (χ4n) is 15.2. The molecule has 0 radical (unpaired) electrons. The Morgan fingerprint density at radius 3 is 2.00 bits per heavy atom. The highest BCUT2D eigenvalue weighted by molar-refractivity contribution is 7.33. The molecule has 4 heteroatoms. The molecule has 2 nitrogen and oxygen atoms in total. The maximum Gasteiger partial charge on any atom is 0.268 e. The summed E-state index contributed by atoms with van der Waals surface area (Å²) < 4.78 is 10.3. The average Bonchev–Trinajstić information content (AvgIpc) is 3.56. The maximum atomic E-state index is 7.47. The molecule has 0 atom stereocenters. The first-order chi connectivity index (χ1) is 26.8. The van der Waals surface area contributed by atoms with Crippen molar-refractivity contribution < 1.29 is 4.74 Å². The van der Waals surface area contributed by atoms with Gasteiger partial charge in [-0.15, -0.1) is 11.3 Å². The fraction of sp³-hybridized carbons (Fsp3) is 0.500. The Labute approximate surface area is 338 Å². The Morgan fingerprint density at radius 2 is 1.36 bits per heavy atom. The summed E-state index contributed by atoms with van der Waals surface area (Å²) in [6, 6.07) is 29.1. The Morgan fingerprint density at radius 1 is 0.714 bits per heavy atom. The Balaban J connectivity index is 1.09. The van der Waals surface area contributed by atoms with E-state index in [0.29, 0.717) is 0 Å². The van der Waals surface area contributed by atoms with Crippen molar-refractivity contribution in [2.24, 2.45) is 41.4 Å². The minimum atomic E-state index is 0.0630. The lowest BCUT2D eigenvalue weighted by Gasteiger charge is -2.72. The summed E-state index contributed by atoms with van der Waals surface area (Å²) in [6.07, 6.45) is 11.2. The quantitative estimate of drug-likeness (QED) is 0.163. The molecule has 0 saturated heterocycles. The second-order valence-electron chi connectivity index (χ2n) is 22.5. The molecule has 10 aliphatic rings. The van der Waals surface area contributed by atoms with Crippen LogP contribution in [0.5, 0.6) is 11.5 Å². The highest BCUT2D eigenvalue weighted by Gasteiger charge is 2.67. The van der Waals surface area contributed by atoms with E-state index < -0.39 is 0 Å². The third kappa shape index (κ3) is 4.21. The third-order valence-electron chi connectivity index (χ3n) is 17.8. The average molecular weight is 754 g/mol. The van der Waals surface area contributed by atoms with E-state index in [-0.39, 0.29) is 28.4 Å². The molecular weight excluding hydrogens is 697 g/mol. The SMILES string of the molecule is CC(C)(C)c1ccc2sc3c(c2c1)N(c1ccccc1)c1cc(C24CC5C6CC7CC5C(C2)C(C7)C6C4)cc2c1B3c1cc3c(cc1O2)C(C)(C)CCC3(C)C. The smallest absolute Gasteiger partial charge is 0.268 e. The number of fused-ring (bicyclic) bond motifs is 7. The van der Waals surface area contributed by atoms with Crippen LogP contribution < -0.4 is 25.3 Å². The van der Waals surface area contributed by atoms with E-state index in [1.807, 2.05) is 11.3 Å². The van der Waals surface area contributed by atoms with E-state index in [4.69, 9.17) is 4.74 Å². The monoisotopic (exact) mass is 753 g/mol. The highest BCUT2D eigenvalue weighted by atomic mass is 32.1. The summed E-state index contributed by atoms with van der Waals surface area (Å²) in [5.41, 5.74) is 13.4. The predicted molar refractivity (Wildman–Crippen MR) is 235 cm³/mol. The molecular formula is C52H56BNOS. The van der Waals surface area contributed by atoms with Crippen LogP contribution in [0.25, 0.3) is 10.1 Å². The predicted octanol–water partition coefficient (Wildman–Crippen LogP) is 11.9. The minimum absolute atomic E-state index is 0.0630. The van der Waals surface area contributed by atoms with Crippen LogP contribution in [-0.4, -0.2) is 6.71 Å². The molecule has 56 heavy (non-hydrogen) atoms. The van der Waals surface area contributed by atoms with Gasteiger partial charge in [0.25, 0.3) is 6.71 Å². The number of nitrogens with zero attached hydrogens (tertiary/aromatic N) is 1. The van der Waals surface area contributed by atoms with Gasteiger partial charge in [-0.1, -0.05) is 78.8 Å². The number of thiophene rings is 1. The maximum absolute atomic E-state index is 7.47. The Hall–Kier alpha value is -3.50. The van der Waals surface area contributed by atoms with Crippen molar-refractivity contribution in [2.75, 3.05) is 4.90 Å². The van der Waals surface area contributed by atoms with Gasteiger partial charge in [0.2, 0.25) is 0 Å². The first-order valence-corrected chi connectivity index (χ1v) is 23.1. The summed E-state index contributed by atoms with van der Waals surface area (Å²) in [6.45, 7) is 17.1. The summed E-state index contributed by atoms with van der Waals surface area (Å²) in [4.78, 5) is 2.69. The lowest BCUT2D eigenvalue weighted by atomic mass is 9.32. The minimum Gasteiger partial charge on any atom is -0.458 e. The molecule has 0 spiro atoms. The molecule has 8 bridgehead atoms. The number of benzene rings is 4.